The molecule has 2 aliphatic rings. The van der Waals surface area contributed by atoms with Crippen LogP contribution in [0, 0.1) is 5.41 Å². The fraction of sp³-hybridized carbons (Fsp3) is 0.381. The van der Waals surface area contributed by atoms with Gasteiger partial charge in [0.2, 0.25) is 5.91 Å². The summed E-state index contributed by atoms with van der Waals surface area (Å²) in [7, 11) is 1.64. The van der Waals surface area contributed by atoms with Gasteiger partial charge >= 0.3 is 0 Å². The Kier molecular flexibility index (Phi) is 4.56. The molecular weight excluding hydrogens is 342 g/mol. The first-order chi connectivity index (χ1) is 13.1. The second kappa shape index (κ2) is 7.02. The third-order valence-electron chi connectivity index (χ3n) is 5.63. The Morgan fingerprint density at radius 3 is 2.81 bits per heavy atom. The van der Waals surface area contributed by atoms with Crippen molar-refractivity contribution in [2.24, 2.45) is 5.41 Å². The van der Waals surface area contributed by atoms with Crippen molar-refractivity contribution in [1.82, 2.24) is 14.8 Å². The molecule has 0 aliphatic carbocycles. The van der Waals surface area contributed by atoms with E-state index in [0.717, 1.165) is 30.7 Å². The van der Waals surface area contributed by atoms with Crippen molar-refractivity contribution >= 4 is 11.8 Å². The highest BCUT2D eigenvalue weighted by atomic mass is 16.5. The number of hydrogen-bond donors (Lipinski definition) is 0. The monoisotopic (exact) mass is 365 g/mol. The summed E-state index contributed by atoms with van der Waals surface area (Å²) in [6.45, 7) is 2.39. The highest BCUT2D eigenvalue weighted by Gasteiger charge is 2.51. The van der Waals surface area contributed by atoms with E-state index >= 15 is 0 Å². The van der Waals surface area contributed by atoms with Crippen molar-refractivity contribution in [1.29, 1.82) is 0 Å². The number of rotatable bonds is 4. The van der Waals surface area contributed by atoms with E-state index in [1.165, 1.54) is 0 Å². The molecule has 27 heavy (non-hydrogen) atoms. The summed E-state index contributed by atoms with van der Waals surface area (Å²) in [6, 6.07) is 13.1. The fourth-order valence-electron chi connectivity index (χ4n) is 4.11. The van der Waals surface area contributed by atoms with Crippen LogP contribution < -0.4 is 4.74 Å². The van der Waals surface area contributed by atoms with Crippen LogP contribution in [0.4, 0.5) is 0 Å². The number of aromatic nitrogens is 1. The van der Waals surface area contributed by atoms with E-state index in [-0.39, 0.29) is 11.8 Å². The van der Waals surface area contributed by atoms with Crippen molar-refractivity contribution < 1.29 is 14.3 Å². The molecule has 2 saturated heterocycles. The van der Waals surface area contributed by atoms with E-state index < -0.39 is 5.41 Å². The summed E-state index contributed by atoms with van der Waals surface area (Å²) in [4.78, 5) is 33.6. The molecule has 4 rings (SSSR count). The Balaban J connectivity index is 1.44. The van der Waals surface area contributed by atoms with Crippen LogP contribution in [0.3, 0.4) is 0 Å². The average molecular weight is 365 g/mol. The highest BCUT2D eigenvalue weighted by molar-refractivity contribution is 5.94. The lowest BCUT2D eigenvalue weighted by molar-refractivity contribution is -0.135. The Labute approximate surface area is 158 Å². The van der Waals surface area contributed by atoms with Crippen LogP contribution in [0.1, 0.15) is 28.9 Å². The van der Waals surface area contributed by atoms with Crippen molar-refractivity contribution in [3.63, 3.8) is 0 Å². The van der Waals surface area contributed by atoms with Crippen molar-refractivity contribution in [3.05, 3.63) is 59.9 Å². The summed E-state index contributed by atoms with van der Waals surface area (Å²) >= 11 is 0. The second-order valence-corrected chi connectivity index (χ2v) is 7.30. The molecule has 0 saturated carbocycles. The predicted octanol–water partition coefficient (Wildman–Crippen LogP) is 2.36. The van der Waals surface area contributed by atoms with Gasteiger partial charge in [-0.05, 0) is 42.7 Å². The number of methoxy groups -OCH3 is 1. The molecule has 2 amide bonds. The lowest BCUT2D eigenvalue weighted by Gasteiger charge is -2.23. The van der Waals surface area contributed by atoms with Gasteiger partial charge in [0.15, 0.2) is 0 Å². The number of pyridine rings is 1. The molecule has 1 aromatic carbocycles. The number of hydrogen-bond acceptors (Lipinski definition) is 4. The number of carbonyl (C=O) groups is 2. The number of amides is 2. The maximum absolute atomic E-state index is 13.1. The topological polar surface area (TPSA) is 62.7 Å². The lowest BCUT2D eigenvalue weighted by Crippen LogP contribution is -2.38. The number of ether oxygens (including phenoxy) is 1. The molecule has 1 unspecified atom stereocenters. The van der Waals surface area contributed by atoms with Gasteiger partial charge in [-0.15, -0.1) is 0 Å². The molecule has 2 aromatic rings. The van der Waals surface area contributed by atoms with E-state index in [1.807, 2.05) is 35.2 Å². The largest absolute Gasteiger partial charge is 0.497 e. The smallest absolute Gasteiger partial charge is 0.272 e. The summed E-state index contributed by atoms with van der Waals surface area (Å²) in [5, 5.41) is 0. The van der Waals surface area contributed by atoms with Crippen molar-refractivity contribution in [2.45, 2.75) is 19.4 Å². The maximum Gasteiger partial charge on any atom is 0.272 e. The number of nitrogens with zero attached hydrogens (tertiary/aromatic N) is 3. The van der Waals surface area contributed by atoms with Gasteiger partial charge in [0.25, 0.3) is 5.91 Å². The first kappa shape index (κ1) is 17.5. The quantitative estimate of drug-likeness (QED) is 0.834. The van der Waals surface area contributed by atoms with Gasteiger partial charge in [-0.25, -0.2) is 0 Å². The van der Waals surface area contributed by atoms with E-state index in [4.69, 9.17) is 4.74 Å². The second-order valence-electron chi connectivity index (χ2n) is 7.30. The third kappa shape index (κ3) is 3.27. The van der Waals surface area contributed by atoms with Gasteiger partial charge in [0.05, 0.1) is 12.5 Å². The standard InChI is InChI=1S/C21H23N3O3/c1-27-17-6-4-5-16(13-17)14-23-11-8-21(20(23)26)9-12-24(15-21)19(25)18-7-2-3-10-22-18/h2-7,10,13H,8-9,11-12,14-15H2,1H3. The van der Waals surface area contributed by atoms with Gasteiger partial charge in [0, 0.05) is 32.4 Å². The van der Waals surface area contributed by atoms with Crippen LogP contribution in [0.15, 0.2) is 48.7 Å². The first-order valence-corrected chi connectivity index (χ1v) is 9.24. The minimum atomic E-state index is -0.441. The Hall–Kier alpha value is -2.89. The number of likely N-dealkylation sites (tertiary alicyclic amines) is 2. The molecule has 2 aliphatic heterocycles. The minimum absolute atomic E-state index is 0.0912. The highest BCUT2D eigenvalue weighted by Crippen LogP contribution is 2.41. The van der Waals surface area contributed by atoms with E-state index in [1.54, 1.807) is 30.3 Å². The SMILES string of the molecule is COc1cccc(CN2CCC3(CCN(C(=O)c4ccccn4)C3)C2=O)c1. The van der Waals surface area contributed by atoms with E-state index in [0.29, 0.717) is 25.3 Å². The first-order valence-electron chi connectivity index (χ1n) is 9.24. The minimum Gasteiger partial charge on any atom is -0.497 e. The normalized spacial score (nSPS) is 21.9. The van der Waals surface area contributed by atoms with Gasteiger partial charge in [-0.2, -0.15) is 0 Å². The Morgan fingerprint density at radius 2 is 2.04 bits per heavy atom. The molecule has 0 radical (unpaired) electrons. The molecule has 3 heterocycles. The summed E-state index contributed by atoms with van der Waals surface area (Å²) in [5.41, 5.74) is 1.05. The van der Waals surface area contributed by atoms with Crippen LogP contribution in [-0.2, 0) is 11.3 Å². The molecular formula is C21H23N3O3. The van der Waals surface area contributed by atoms with Crippen LogP contribution >= 0.6 is 0 Å². The van der Waals surface area contributed by atoms with Crippen molar-refractivity contribution in [3.8, 4) is 5.75 Å². The van der Waals surface area contributed by atoms with Crippen LogP contribution in [0.5, 0.6) is 5.75 Å². The number of benzene rings is 1. The molecule has 0 N–H and O–H groups in total. The van der Waals surface area contributed by atoms with Gasteiger partial charge in [-0.1, -0.05) is 18.2 Å². The molecule has 1 aromatic heterocycles. The molecule has 1 atom stereocenters. The average Bonchev–Trinajstić information content (AvgIpc) is 3.28. The Morgan fingerprint density at radius 1 is 1.19 bits per heavy atom. The third-order valence-corrected chi connectivity index (χ3v) is 5.63. The molecule has 0 bridgehead atoms. The summed E-state index contributed by atoms with van der Waals surface area (Å²) < 4.78 is 5.27. The van der Waals surface area contributed by atoms with Crippen molar-refractivity contribution in [2.75, 3.05) is 26.7 Å². The molecule has 6 heteroatoms. The van der Waals surface area contributed by atoms with Gasteiger partial charge in [0.1, 0.15) is 11.4 Å². The fourth-order valence-corrected chi connectivity index (χ4v) is 4.11. The zero-order chi connectivity index (χ0) is 18.9. The zero-order valence-corrected chi connectivity index (χ0v) is 15.4. The predicted molar refractivity (Wildman–Crippen MR) is 100 cm³/mol. The maximum atomic E-state index is 13.1. The summed E-state index contributed by atoms with van der Waals surface area (Å²) in [5.74, 6) is 0.857. The lowest BCUT2D eigenvalue weighted by atomic mass is 9.85. The Bertz CT molecular complexity index is 855. The molecule has 2 fully saturated rings. The molecule has 6 nitrogen and oxygen atoms in total. The summed E-state index contributed by atoms with van der Waals surface area (Å²) in [6.07, 6.45) is 3.14. The zero-order valence-electron chi connectivity index (χ0n) is 15.4. The van der Waals surface area contributed by atoms with Crippen LogP contribution in [-0.4, -0.2) is 53.3 Å². The van der Waals surface area contributed by atoms with Gasteiger partial charge < -0.3 is 14.5 Å². The number of carbonyl (C=O) groups excluding carboxylic acids is 2. The van der Waals surface area contributed by atoms with E-state index in [9.17, 15) is 9.59 Å². The van der Waals surface area contributed by atoms with Gasteiger partial charge in [-0.3, -0.25) is 14.6 Å². The molecule has 1 spiro atoms. The van der Waals surface area contributed by atoms with Crippen LogP contribution in [0.25, 0.3) is 0 Å². The molecule has 140 valence electrons. The van der Waals surface area contributed by atoms with Crippen LogP contribution in [0.2, 0.25) is 0 Å². The van der Waals surface area contributed by atoms with E-state index in [2.05, 4.69) is 4.98 Å².